The third-order valence-electron chi connectivity index (χ3n) is 3.04. The van der Waals surface area contributed by atoms with Crippen molar-refractivity contribution < 1.29 is 4.79 Å². The molecule has 1 unspecified atom stereocenters. The fourth-order valence-electron chi connectivity index (χ4n) is 1.34. The van der Waals surface area contributed by atoms with Gasteiger partial charge < -0.3 is 0 Å². The van der Waals surface area contributed by atoms with Crippen molar-refractivity contribution in [2.45, 2.75) is 34.6 Å². The van der Waals surface area contributed by atoms with E-state index in [1.54, 1.807) is 6.20 Å². The molecule has 1 aromatic rings. The van der Waals surface area contributed by atoms with Crippen LogP contribution in [0, 0.1) is 25.7 Å². The third-order valence-corrected chi connectivity index (χ3v) is 3.04. The molecule has 2 heteroatoms. The molecule has 0 fully saturated rings. The second kappa shape index (κ2) is 4.56. The van der Waals surface area contributed by atoms with Gasteiger partial charge in [-0.15, -0.1) is 0 Å². The van der Waals surface area contributed by atoms with Crippen LogP contribution < -0.4 is 0 Å². The first-order valence-electron chi connectivity index (χ1n) is 5.41. The highest BCUT2D eigenvalue weighted by Gasteiger charge is 2.18. The fraction of sp³-hybridized carbons (Fsp3) is 0.538. The lowest BCUT2D eigenvalue weighted by Crippen LogP contribution is -2.17. The highest BCUT2D eigenvalue weighted by atomic mass is 16.1. The largest absolute Gasteiger partial charge is 0.294 e. The van der Waals surface area contributed by atoms with Gasteiger partial charge in [-0.3, -0.25) is 9.78 Å². The van der Waals surface area contributed by atoms with Crippen LogP contribution in [-0.4, -0.2) is 10.8 Å². The van der Waals surface area contributed by atoms with Crippen LogP contribution in [0.4, 0.5) is 0 Å². The molecule has 0 saturated heterocycles. The first-order chi connectivity index (χ1) is 6.93. The van der Waals surface area contributed by atoms with Gasteiger partial charge in [-0.25, -0.2) is 0 Å². The normalized spacial score (nSPS) is 12.9. The number of hydrogen-bond donors (Lipinski definition) is 0. The first-order valence-corrected chi connectivity index (χ1v) is 5.41. The fourth-order valence-corrected chi connectivity index (χ4v) is 1.34. The zero-order chi connectivity index (χ0) is 11.6. The van der Waals surface area contributed by atoms with Crippen molar-refractivity contribution in [1.29, 1.82) is 0 Å². The van der Waals surface area contributed by atoms with Crippen molar-refractivity contribution in [3.8, 4) is 0 Å². The molecule has 0 aliphatic heterocycles. The zero-order valence-corrected chi connectivity index (χ0v) is 10.2. The monoisotopic (exact) mass is 205 g/mol. The Hall–Kier alpha value is -1.18. The molecule has 0 N–H and O–H groups in total. The van der Waals surface area contributed by atoms with Crippen molar-refractivity contribution in [2.24, 2.45) is 11.8 Å². The minimum absolute atomic E-state index is 0.0638. The van der Waals surface area contributed by atoms with Gasteiger partial charge in [0.15, 0.2) is 5.78 Å². The molecule has 0 saturated carbocycles. The van der Waals surface area contributed by atoms with Crippen LogP contribution in [0.3, 0.4) is 0 Å². The molecule has 15 heavy (non-hydrogen) atoms. The van der Waals surface area contributed by atoms with E-state index < -0.39 is 0 Å². The lowest BCUT2D eigenvalue weighted by molar-refractivity contribution is 0.0899. The zero-order valence-electron chi connectivity index (χ0n) is 10.2. The molecule has 0 aliphatic rings. The summed E-state index contributed by atoms with van der Waals surface area (Å²) in [6, 6.07) is 1.93. The summed E-state index contributed by atoms with van der Waals surface area (Å²) < 4.78 is 0. The Kier molecular flexibility index (Phi) is 3.61. The van der Waals surface area contributed by atoms with E-state index in [2.05, 4.69) is 18.8 Å². The molecule has 1 rings (SSSR count). The summed E-state index contributed by atoms with van der Waals surface area (Å²) in [7, 11) is 0. The van der Waals surface area contributed by atoms with Crippen LogP contribution in [0.25, 0.3) is 0 Å². The average Bonchev–Trinajstić information content (AvgIpc) is 2.19. The van der Waals surface area contributed by atoms with Gasteiger partial charge in [-0.2, -0.15) is 0 Å². The van der Waals surface area contributed by atoms with Gasteiger partial charge in [0, 0.05) is 23.4 Å². The van der Waals surface area contributed by atoms with E-state index in [0.29, 0.717) is 5.92 Å². The van der Waals surface area contributed by atoms with Gasteiger partial charge in [0.2, 0.25) is 0 Å². The molecule has 1 heterocycles. The maximum Gasteiger partial charge on any atom is 0.167 e. The van der Waals surface area contributed by atoms with E-state index in [1.807, 2.05) is 26.8 Å². The van der Waals surface area contributed by atoms with E-state index >= 15 is 0 Å². The Morgan fingerprint density at radius 2 is 1.87 bits per heavy atom. The summed E-state index contributed by atoms with van der Waals surface area (Å²) >= 11 is 0. The van der Waals surface area contributed by atoms with Crippen LogP contribution in [0.2, 0.25) is 0 Å². The quantitative estimate of drug-likeness (QED) is 0.709. The SMILES string of the molecule is Cc1cc(C(=O)C(C)C(C)C)cnc1C. The summed E-state index contributed by atoms with van der Waals surface area (Å²) in [4.78, 5) is 16.2. The maximum atomic E-state index is 12.0. The van der Waals surface area contributed by atoms with Crippen molar-refractivity contribution in [2.75, 3.05) is 0 Å². The topological polar surface area (TPSA) is 30.0 Å². The van der Waals surface area contributed by atoms with Gasteiger partial charge in [-0.1, -0.05) is 20.8 Å². The number of Topliss-reactive ketones (excluding diaryl/α,β-unsaturated/α-hetero) is 1. The predicted octanol–water partition coefficient (Wildman–Crippen LogP) is 3.17. The molecule has 0 radical (unpaired) electrons. The Balaban J connectivity index is 2.97. The van der Waals surface area contributed by atoms with Crippen molar-refractivity contribution >= 4 is 5.78 Å². The number of hydrogen-bond acceptors (Lipinski definition) is 2. The van der Waals surface area contributed by atoms with Gasteiger partial charge >= 0.3 is 0 Å². The lowest BCUT2D eigenvalue weighted by Gasteiger charge is -2.14. The van der Waals surface area contributed by atoms with Crippen LogP contribution in [-0.2, 0) is 0 Å². The van der Waals surface area contributed by atoms with Crippen LogP contribution in [0.15, 0.2) is 12.3 Å². The number of nitrogens with zero attached hydrogens (tertiary/aromatic N) is 1. The number of carbonyl (C=O) groups excluding carboxylic acids is 1. The summed E-state index contributed by atoms with van der Waals surface area (Å²) in [5, 5.41) is 0. The van der Waals surface area contributed by atoms with Gasteiger partial charge in [-0.05, 0) is 31.4 Å². The van der Waals surface area contributed by atoms with Crippen LogP contribution >= 0.6 is 0 Å². The Bertz CT molecular complexity index is 369. The number of ketones is 1. The minimum Gasteiger partial charge on any atom is -0.294 e. The summed E-state index contributed by atoms with van der Waals surface area (Å²) in [5.74, 6) is 0.633. The molecule has 0 bridgehead atoms. The van der Waals surface area contributed by atoms with Gasteiger partial charge in [0.05, 0.1) is 0 Å². The smallest absolute Gasteiger partial charge is 0.167 e. The Morgan fingerprint density at radius 3 is 2.33 bits per heavy atom. The van der Waals surface area contributed by atoms with Crippen molar-refractivity contribution in [3.63, 3.8) is 0 Å². The second-order valence-corrected chi connectivity index (χ2v) is 4.52. The van der Waals surface area contributed by atoms with Gasteiger partial charge in [0.1, 0.15) is 0 Å². The average molecular weight is 205 g/mol. The van der Waals surface area contributed by atoms with E-state index in [0.717, 1.165) is 16.8 Å². The molecular weight excluding hydrogens is 186 g/mol. The second-order valence-electron chi connectivity index (χ2n) is 4.52. The van der Waals surface area contributed by atoms with Gasteiger partial charge in [0.25, 0.3) is 0 Å². The molecule has 1 aromatic heterocycles. The highest BCUT2D eigenvalue weighted by molar-refractivity contribution is 5.97. The molecule has 82 valence electrons. The van der Waals surface area contributed by atoms with E-state index in [-0.39, 0.29) is 11.7 Å². The molecule has 0 aromatic carbocycles. The van der Waals surface area contributed by atoms with Crippen molar-refractivity contribution in [1.82, 2.24) is 4.98 Å². The number of aromatic nitrogens is 1. The van der Waals surface area contributed by atoms with Crippen LogP contribution in [0.1, 0.15) is 42.4 Å². The highest BCUT2D eigenvalue weighted by Crippen LogP contribution is 2.17. The lowest BCUT2D eigenvalue weighted by atomic mass is 9.90. The number of aryl methyl sites for hydroxylation is 2. The molecule has 1 atom stereocenters. The molecule has 0 amide bonds. The van der Waals surface area contributed by atoms with E-state index in [9.17, 15) is 4.79 Å². The standard InChI is InChI=1S/C13H19NO/c1-8(2)10(4)13(15)12-6-9(3)11(5)14-7-12/h6-8,10H,1-5H3. The third kappa shape index (κ3) is 2.65. The number of rotatable bonds is 3. The first kappa shape index (κ1) is 11.9. The van der Waals surface area contributed by atoms with Crippen molar-refractivity contribution in [3.05, 3.63) is 29.1 Å². The molecular formula is C13H19NO. The van der Waals surface area contributed by atoms with Crippen LogP contribution in [0.5, 0.6) is 0 Å². The Morgan fingerprint density at radius 1 is 1.27 bits per heavy atom. The van der Waals surface area contributed by atoms with E-state index in [4.69, 9.17) is 0 Å². The molecule has 2 nitrogen and oxygen atoms in total. The molecule has 0 aliphatic carbocycles. The van der Waals surface area contributed by atoms with E-state index in [1.165, 1.54) is 0 Å². The number of carbonyl (C=O) groups is 1. The Labute approximate surface area is 91.7 Å². The number of pyridine rings is 1. The summed E-state index contributed by atoms with van der Waals surface area (Å²) in [5.41, 5.74) is 2.81. The summed E-state index contributed by atoms with van der Waals surface area (Å²) in [6.07, 6.45) is 1.68. The maximum absolute atomic E-state index is 12.0. The summed E-state index contributed by atoms with van der Waals surface area (Å²) in [6.45, 7) is 10.0. The minimum atomic E-state index is 0.0638. The molecule has 0 spiro atoms. The predicted molar refractivity (Wildman–Crippen MR) is 62.0 cm³/mol.